The van der Waals surface area contributed by atoms with Gasteiger partial charge in [-0.15, -0.1) is 0 Å². The Morgan fingerprint density at radius 1 is 1.00 bits per heavy atom. The highest BCUT2D eigenvalue weighted by atomic mass is 19.1. The van der Waals surface area contributed by atoms with Crippen LogP contribution in [0.3, 0.4) is 0 Å². The van der Waals surface area contributed by atoms with E-state index in [2.05, 4.69) is 0 Å². The van der Waals surface area contributed by atoms with Crippen molar-refractivity contribution in [2.45, 2.75) is 19.9 Å². The largest absolute Gasteiger partial charge is 0.454 e. The molecule has 2 rings (SSSR count). The number of halogens is 3. The molecule has 0 unspecified atom stereocenters. The van der Waals surface area contributed by atoms with E-state index in [0.717, 1.165) is 18.2 Å². The van der Waals surface area contributed by atoms with Gasteiger partial charge in [0.15, 0.2) is 11.6 Å². The minimum Gasteiger partial charge on any atom is -0.454 e. The van der Waals surface area contributed by atoms with Gasteiger partial charge in [0.2, 0.25) is 0 Å². The number of hydrogen-bond acceptors (Lipinski definition) is 2. The average Bonchev–Trinajstić information content (AvgIpc) is 2.37. The number of nitrogens with two attached hydrogens (primary N) is 1. The first-order valence-electron chi connectivity index (χ1n) is 6.07. The molecule has 0 aliphatic carbocycles. The van der Waals surface area contributed by atoms with Crippen LogP contribution in [0.5, 0.6) is 11.5 Å². The van der Waals surface area contributed by atoms with Crippen LogP contribution in [0.25, 0.3) is 0 Å². The molecule has 106 valence electrons. The van der Waals surface area contributed by atoms with Gasteiger partial charge in [-0.25, -0.2) is 13.2 Å². The highest BCUT2D eigenvalue weighted by molar-refractivity contribution is 5.43. The summed E-state index contributed by atoms with van der Waals surface area (Å²) in [5.41, 5.74) is 6.46. The maximum Gasteiger partial charge on any atom is 0.165 e. The fourth-order valence-corrected chi connectivity index (χ4v) is 1.79. The Kier molecular flexibility index (Phi) is 3.99. The Labute approximate surface area is 115 Å². The molecule has 2 aromatic rings. The molecule has 0 aromatic heterocycles. The second-order valence-corrected chi connectivity index (χ2v) is 4.60. The molecule has 0 heterocycles. The van der Waals surface area contributed by atoms with Crippen LogP contribution in [-0.4, -0.2) is 0 Å². The highest BCUT2D eigenvalue weighted by Crippen LogP contribution is 2.32. The van der Waals surface area contributed by atoms with Gasteiger partial charge in [0, 0.05) is 17.7 Å². The lowest BCUT2D eigenvalue weighted by Gasteiger charge is -2.15. The van der Waals surface area contributed by atoms with E-state index in [1.54, 1.807) is 13.8 Å². The normalized spacial score (nSPS) is 12.3. The first-order chi connectivity index (χ1) is 9.38. The van der Waals surface area contributed by atoms with Crippen molar-refractivity contribution in [2.75, 3.05) is 0 Å². The molecule has 5 heteroatoms. The molecule has 2 N–H and O–H groups in total. The lowest BCUT2D eigenvalue weighted by molar-refractivity contribution is 0.427. The minimum absolute atomic E-state index is 0.211. The van der Waals surface area contributed by atoms with Crippen molar-refractivity contribution >= 4 is 0 Å². The van der Waals surface area contributed by atoms with Gasteiger partial charge in [-0.1, -0.05) is 0 Å². The molecule has 0 saturated carbocycles. The number of benzene rings is 2. The summed E-state index contributed by atoms with van der Waals surface area (Å²) in [6.45, 7) is 3.20. The molecule has 0 bridgehead atoms. The maximum atomic E-state index is 13.6. The van der Waals surface area contributed by atoms with E-state index < -0.39 is 23.5 Å². The third-order valence-corrected chi connectivity index (χ3v) is 2.89. The molecule has 0 spiro atoms. The summed E-state index contributed by atoms with van der Waals surface area (Å²) >= 11 is 0. The summed E-state index contributed by atoms with van der Waals surface area (Å²) in [6, 6.07) is 5.04. The van der Waals surface area contributed by atoms with Crippen LogP contribution in [0.4, 0.5) is 13.2 Å². The standard InChI is InChI=1S/C15H14F3NO/c1-8-5-14(11(9(2)19)7-13(8)18)20-15-6-10(16)3-4-12(15)17/h3-7,9H,19H2,1-2H3/t9-/m0/s1. The molecule has 2 nitrogen and oxygen atoms in total. The number of hydrogen-bond donors (Lipinski definition) is 1. The zero-order valence-corrected chi connectivity index (χ0v) is 11.1. The third kappa shape index (κ3) is 2.93. The van der Waals surface area contributed by atoms with Crippen molar-refractivity contribution in [2.24, 2.45) is 5.73 Å². The van der Waals surface area contributed by atoms with Gasteiger partial charge < -0.3 is 10.5 Å². The van der Waals surface area contributed by atoms with Crippen LogP contribution >= 0.6 is 0 Å². The minimum atomic E-state index is -0.705. The molecule has 2 aromatic carbocycles. The van der Waals surface area contributed by atoms with Crippen molar-refractivity contribution in [3.8, 4) is 11.5 Å². The topological polar surface area (TPSA) is 35.2 Å². The molecular weight excluding hydrogens is 267 g/mol. The zero-order valence-electron chi connectivity index (χ0n) is 11.1. The van der Waals surface area contributed by atoms with Crippen molar-refractivity contribution < 1.29 is 17.9 Å². The maximum absolute atomic E-state index is 13.6. The Hall–Kier alpha value is -2.01. The molecular formula is C15H14F3NO. The fourth-order valence-electron chi connectivity index (χ4n) is 1.79. The summed E-state index contributed by atoms with van der Waals surface area (Å²) in [6.07, 6.45) is 0. The Morgan fingerprint density at radius 3 is 2.35 bits per heavy atom. The second-order valence-electron chi connectivity index (χ2n) is 4.60. The quantitative estimate of drug-likeness (QED) is 0.914. The van der Waals surface area contributed by atoms with E-state index in [9.17, 15) is 13.2 Å². The Morgan fingerprint density at radius 2 is 1.70 bits per heavy atom. The zero-order chi connectivity index (χ0) is 14.9. The van der Waals surface area contributed by atoms with E-state index in [-0.39, 0.29) is 11.5 Å². The number of rotatable bonds is 3. The molecule has 0 saturated heterocycles. The molecule has 20 heavy (non-hydrogen) atoms. The molecule has 0 aliphatic heterocycles. The van der Waals surface area contributed by atoms with Crippen molar-refractivity contribution in [3.63, 3.8) is 0 Å². The van der Waals surface area contributed by atoms with Crippen molar-refractivity contribution in [1.82, 2.24) is 0 Å². The van der Waals surface area contributed by atoms with E-state index in [1.165, 1.54) is 12.1 Å². The molecule has 1 atom stereocenters. The fraction of sp³-hybridized carbons (Fsp3) is 0.200. The third-order valence-electron chi connectivity index (χ3n) is 2.89. The van der Waals surface area contributed by atoms with Crippen LogP contribution in [-0.2, 0) is 0 Å². The van der Waals surface area contributed by atoms with Crippen LogP contribution in [0.1, 0.15) is 24.1 Å². The Balaban J connectivity index is 2.47. The van der Waals surface area contributed by atoms with E-state index in [4.69, 9.17) is 10.5 Å². The van der Waals surface area contributed by atoms with Gasteiger partial charge in [0.1, 0.15) is 17.4 Å². The van der Waals surface area contributed by atoms with Crippen molar-refractivity contribution in [1.29, 1.82) is 0 Å². The Bertz CT molecular complexity index is 641. The second kappa shape index (κ2) is 5.54. The summed E-state index contributed by atoms with van der Waals surface area (Å²) in [7, 11) is 0. The summed E-state index contributed by atoms with van der Waals surface area (Å²) in [5.74, 6) is -1.81. The van der Waals surface area contributed by atoms with Gasteiger partial charge in [-0.3, -0.25) is 0 Å². The number of ether oxygens (including phenoxy) is 1. The van der Waals surface area contributed by atoms with Gasteiger partial charge in [0.25, 0.3) is 0 Å². The van der Waals surface area contributed by atoms with Crippen LogP contribution in [0.15, 0.2) is 30.3 Å². The van der Waals surface area contributed by atoms with Crippen LogP contribution in [0.2, 0.25) is 0 Å². The summed E-state index contributed by atoms with van der Waals surface area (Å²) in [5, 5.41) is 0. The van der Waals surface area contributed by atoms with Crippen LogP contribution < -0.4 is 10.5 Å². The van der Waals surface area contributed by atoms with Gasteiger partial charge >= 0.3 is 0 Å². The first-order valence-corrected chi connectivity index (χ1v) is 6.07. The van der Waals surface area contributed by atoms with Gasteiger partial charge in [0.05, 0.1) is 0 Å². The predicted molar refractivity (Wildman–Crippen MR) is 70.2 cm³/mol. The smallest absolute Gasteiger partial charge is 0.165 e. The van der Waals surface area contributed by atoms with E-state index in [0.29, 0.717) is 11.1 Å². The summed E-state index contributed by atoms with van der Waals surface area (Å²) in [4.78, 5) is 0. The van der Waals surface area contributed by atoms with Crippen LogP contribution in [0, 0.1) is 24.4 Å². The molecule has 0 radical (unpaired) electrons. The monoisotopic (exact) mass is 281 g/mol. The average molecular weight is 281 g/mol. The first kappa shape index (κ1) is 14.4. The SMILES string of the molecule is Cc1cc(Oc2cc(F)ccc2F)c([C@H](C)N)cc1F. The van der Waals surface area contributed by atoms with Crippen molar-refractivity contribution in [3.05, 3.63) is 58.9 Å². The van der Waals surface area contributed by atoms with Gasteiger partial charge in [-0.05, 0) is 43.7 Å². The molecule has 0 aliphatic rings. The van der Waals surface area contributed by atoms with E-state index >= 15 is 0 Å². The lowest BCUT2D eigenvalue weighted by Crippen LogP contribution is -2.08. The molecule has 0 fully saturated rings. The lowest BCUT2D eigenvalue weighted by atomic mass is 10.1. The highest BCUT2D eigenvalue weighted by Gasteiger charge is 2.15. The van der Waals surface area contributed by atoms with E-state index in [1.807, 2.05) is 0 Å². The predicted octanol–water partition coefficient (Wildman–Crippen LogP) is 4.22. The van der Waals surface area contributed by atoms with Gasteiger partial charge in [-0.2, -0.15) is 0 Å². The molecule has 0 amide bonds. The number of aryl methyl sites for hydroxylation is 1. The summed E-state index contributed by atoms with van der Waals surface area (Å²) < 4.78 is 45.6.